The lowest BCUT2D eigenvalue weighted by Crippen LogP contribution is -2.26. The van der Waals surface area contributed by atoms with Crippen molar-refractivity contribution in [1.82, 2.24) is 0 Å². The van der Waals surface area contributed by atoms with Crippen molar-refractivity contribution in [3.05, 3.63) is 30.3 Å². The lowest BCUT2D eigenvalue weighted by molar-refractivity contribution is 0.0259. The summed E-state index contributed by atoms with van der Waals surface area (Å²) in [7, 11) is 0. The third-order valence-corrected chi connectivity index (χ3v) is 2.60. The van der Waals surface area contributed by atoms with Crippen LogP contribution in [-0.4, -0.2) is 10.2 Å². The fourth-order valence-corrected chi connectivity index (χ4v) is 1.44. The lowest BCUT2D eigenvalue weighted by atomic mass is 10.3. The van der Waals surface area contributed by atoms with Crippen LogP contribution in [0, 0.1) is 12.3 Å². The molecular weight excluding hydrogens is 314 g/mol. The average molecular weight is 323 g/mol. The van der Waals surface area contributed by atoms with Gasteiger partial charge in [0.25, 0.3) is 0 Å². The van der Waals surface area contributed by atoms with E-state index in [2.05, 4.69) is 10.2 Å². The second kappa shape index (κ2) is 6.12. The van der Waals surface area contributed by atoms with E-state index in [-0.39, 0.29) is 3.92 Å². The first-order valence-corrected chi connectivity index (χ1v) is 5.42. The molecule has 1 aromatic carbocycles. The second-order valence-electron chi connectivity index (χ2n) is 2.46. The van der Waals surface area contributed by atoms with E-state index in [0.29, 0.717) is 5.75 Å². The van der Waals surface area contributed by atoms with Gasteiger partial charge in [0.1, 0.15) is 9.67 Å². The normalized spacial score (nSPS) is 14.1. The van der Waals surface area contributed by atoms with Gasteiger partial charge in [-0.2, -0.15) is 0 Å². The number of hydrogen-bond acceptors (Lipinski definition) is 2. The Morgan fingerprint density at radius 1 is 1.36 bits per heavy atom. The Kier molecular flexibility index (Phi) is 5.09. The first-order chi connectivity index (χ1) is 6.77. The quantitative estimate of drug-likeness (QED) is 0.367. The third-order valence-electron chi connectivity index (χ3n) is 1.48. The van der Waals surface area contributed by atoms with Gasteiger partial charge >= 0.3 is 0 Å². The van der Waals surface area contributed by atoms with Crippen LogP contribution in [0.25, 0.3) is 0 Å². The zero-order chi connectivity index (χ0) is 10.4. The summed E-state index contributed by atoms with van der Waals surface area (Å²) >= 11 is 7.29. The lowest BCUT2D eigenvalue weighted by Gasteiger charge is -2.16. The molecule has 0 aliphatic rings. The van der Waals surface area contributed by atoms with Crippen molar-refractivity contribution < 1.29 is 9.03 Å². The van der Waals surface area contributed by atoms with Gasteiger partial charge in [-0.15, -0.1) is 6.42 Å². The SMILES string of the molecule is C#CC(I)C(OCl)Oc1ccccc1. The van der Waals surface area contributed by atoms with E-state index in [1.54, 1.807) is 0 Å². The average Bonchev–Trinajstić information content (AvgIpc) is 2.26. The summed E-state index contributed by atoms with van der Waals surface area (Å²) < 4.78 is 9.79. The summed E-state index contributed by atoms with van der Waals surface area (Å²) in [4.78, 5) is 0. The summed E-state index contributed by atoms with van der Waals surface area (Å²) in [6.45, 7) is 0. The number of ether oxygens (including phenoxy) is 1. The predicted molar refractivity (Wildman–Crippen MR) is 64.4 cm³/mol. The largest absolute Gasteiger partial charge is 0.461 e. The molecular formula is C10H8ClIO2. The Labute approximate surface area is 102 Å². The summed E-state index contributed by atoms with van der Waals surface area (Å²) in [5, 5.41) is 0. The van der Waals surface area contributed by atoms with Crippen molar-refractivity contribution in [3.63, 3.8) is 0 Å². The van der Waals surface area contributed by atoms with Crippen LogP contribution in [0.3, 0.4) is 0 Å². The van der Waals surface area contributed by atoms with Crippen LogP contribution in [0.15, 0.2) is 30.3 Å². The van der Waals surface area contributed by atoms with Crippen LogP contribution in [0.1, 0.15) is 0 Å². The molecule has 2 atom stereocenters. The molecule has 0 saturated carbocycles. The molecule has 0 radical (unpaired) electrons. The van der Waals surface area contributed by atoms with Crippen LogP contribution in [0.2, 0.25) is 0 Å². The minimum absolute atomic E-state index is 0.231. The minimum atomic E-state index is -0.635. The summed E-state index contributed by atoms with van der Waals surface area (Å²) in [5.74, 6) is 3.16. The number of para-hydroxylation sites is 1. The van der Waals surface area contributed by atoms with Crippen LogP contribution >= 0.6 is 34.5 Å². The monoisotopic (exact) mass is 322 g/mol. The molecule has 1 rings (SSSR count). The molecule has 0 N–H and O–H groups in total. The van der Waals surface area contributed by atoms with E-state index in [1.807, 2.05) is 52.9 Å². The van der Waals surface area contributed by atoms with E-state index < -0.39 is 6.29 Å². The fourth-order valence-electron chi connectivity index (χ4n) is 0.835. The zero-order valence-corrected chi connectivity index (χ0v) is 10.1. The maximum Gasteiger partial charge on any atom is 0.240 e. The van der Waals surface area contributed by atoms with Gasteiger partial charge in [-0.25, -0.2) is 4.29 Å². The van der Waals surface area contributed by atoms with Gasteiger partial charge in [0.15, 0.2) is 0 Å². The van der Waals surface area contributed by atoms with Gasteiger partial charge in [-0.3, -0.25) is 0 Å². The number of benzene rings is 1. The van der Waals surface area contributed by atoms with Gasteiger partial charge in [-0.1, -0.05) is 46.7 Å². The molecule has 0 aromatic heterocycles. The molecule has 2 unspecified atom stereocenters. The van der Waals surface area contributed by atoms with Gasteiger partial charge in [0, 0.05) is 0 Å². The highest BCUT2D eigenvalue weighted by Gasteiger charge is 2.18. The first kappa shape index (κ1) is 11.6. The molecule has 4 heteroatoms. The van der Waals surface area contributed by atoms with E-state index >= 15 is 0 Å². The van der Waals surface area contributed by atoms with Crippen LogP contribution in [0.5, 0.6) is 5.75 Å². The number of alkyl halides is 1. The highest BCUT2D eigenvalue weighted by atomic mass is 127. The predicted octanol–water partition coefficient (Wildman–Crippen LogP) is 3.00. The molecule has 14 heavy (non-hydrogen) atoms. The zero-order valence-electron chi connectivity index (χ0n) is 7.19. The molecule has 0 aliphatic carbocycles. The van der Waals surface area contributed by atoms with Gasteiger partial charge in [0.2, 0.25) is 6.29 Å². The Bertz CT molecular complexity index is 310. The number of rotatable bonds is 4. The standard InChI is InChI=1S/C10H8ClIO2/c1-2-9(12)10(14-11)13-8-6-4-3-5-7-8/h1,3-7,9-10H. The fraction of sp³-hybridized carbons (Fsp3) is 0.200. The molecule has 0 amide bonds. The molecule has 2 nitrogen and oxygen atoms in total. The highest BCUT2D eigenvalue weighted by molar-refractivity contribution is 14.1. The van der Waals surface area contributed by atoms with Gasteiger partial charge in [0.05, 0.1) is 11.9 Å². The van der Waals surface area contributed by atoms with E-state index in [9.17, 15) is 0 Å². The maximum atomic E-state index is 5.41. The molecule has 0 spiro atoms. The topological polar surface area (TPSA) is 18.5 Å². The minimum Gasteiger partial charge on any atom is -0.461 e. The van der Waals surface area contributed by atoms with Crippen molar-refractivity contribution in [2.24, 2.45) is 0 Å². The Balaban J connectivity index is 2.63. The highest BCUT2D eigenvalue weighted by Crippen LogP contribution is 2.17. The Hall–Kier alpha value is -0.440. The second-order valence-corrected chi connectivity index (χ2v) is 3.98. The molecule has 1 aromatic rings. The molecule has 0 bridgehead atoms. The van der Waals surface area contributed by atoms with E-state index in [1.165, 1.54) is 0 Å². The van der Waals surface area contributed by atoms with Crippen molar-refractivity contribution in [2.45, 2.75) is 10.2 Å². The summed E-state index contributed by atoms with van der Waals surface area (Å²) in [6.07, 6.45) is 4.59. The van der Waals surface area contributed by atoms with Crippen molar-refractivity contribution in [3.8, 4) is 18.1 Å². The van der Waals surface area contributed by atoms with Crippen molar-refractivity contribution >= 4 is 34.5 Å². The Morgan fingerprint density at radius 3 is 2.50 bits per heavy atom. The maximum absolute atomic E-state index is 5.41. The molecule has 0 fully saturated rings. The number of hydrogen-bond donors (Lipinski definition) is 0. The van der Waals surface area contributed by atoms with E-state index in [0.717, 1.165) is 0 Å². The molecule has 0 aliphatic heterocycles. The van der Waals surface area contributed by atoms with Crippen molar-refractivity contribution in [1.29, 1.82) is 0 Å². The van der Waals surface area contributed by atoms with Crippen LogP contribution in [0.4, 0.5) is 0 Å². The number of terminal acetylenes is 1. The summed E-state index contributed by atoms with van der Waals surface area (Å²) in [5.41, 5.74) is 0. The van der Waals surface area contributed by atoms with Crippen LogP contribution < -0.4 is 4.74 Å². The van der Waals surface area contributed by atoms with E-state index in [4.69, 9.17) is 23.0 Å². The summed E-state index contributed by atoms with van der Waals surface area (Å²) in [6, 6.07) is 9.23. The van der Waals surface area contributed by atoms with Crippen molar-refractivity contribution in [2.75, 3.05) is 0 Å². The molecule has 0 heterocycles. The van der Waals surface area contributed by atoms with Gasteiger partial charge in [-0.05, 0) is 12.1 Å². The molecule has 74 valence electrons. The first-order valence-electron chi connectivity index (χ1n) is 3.87. The smallest absolute Gasteiger partial charge is 0.240 e. The molecule has 0 saturated heterocycles. The van der Waals surface area contributed by atoms with Crippen LogP contribution in [-0.2, 0) is 4.29 Å². The Morgan fingerprint density at radius 2 is 2.00 bits per heavy atom. The van der Waals surface area contributed by atoms with Gasteiger partial charge < -0.3 is 4.74 Å². The third kappa shape index (κ3) is 3.37. The number of halogens is 2.